The molecule has 14 nitrogen and oxygen atoms in total. The molecule has 14 heteroatoms. The normalized spacial score (nSPS) is 50.4. The van der Waals surface area contributed by atoms with Gasteiger partial charge < -0.3 is 64.1 Å². The van der Waals surface area contributed by atoms with E-state index < -0.39 is 96.0 Å². The predicted molar refractivity (Wildman–Crippen MR) is 189 cm³/mol. The summed E-state index contributed by atoms with van der Waals surface area (Å²) in [7, 11) is 5.57. The van der Waals surface area contributed by atoms with Gasteiger partial charge >= 0.3 is 5.97 Å². The highest BCUT2D eigenvalue weighted by molar-refractivity contribution is 5.73. The van der Waals surface area contributed by atoms with Crippen molar-refractivity contribution in [3.63, 3.8) is 0 Å². The minimum Gasteiger partial charge on any atom is -0.459 e. The van der Waals surface area contributed by atoms with Crippen LogP contribution >= 0.6 is 0 Å². The van der Waals surface area contributed by atoms with E-state index in [0.29, 0.717) is 13.0 Å². The van der Waals surface area contributed by atoms with Gasteiger partial charge in [-0.05, 0) is 94.8 Å². The summed E-state index contributed by atoms with van der Waals surface area (Å²) in [6.45, 7) is 17.5. The van der Waals surface area contributed by atoms with Crippen molar-refractivity contribution in [3.8, 4) is 0 Å². The number of carbonyl (C=O) groups excluding carboxylic acids is 1. The van der Waals surface area contributed by atoms with E-state index in [2.05, 4.69) is 0 Å². The minimum atomic E-state index is -1.81. The smallest absolute Gasteiger partial charge is 0.311 e. The molecule has 3 fully saturated rings. The van der Waals surface area contributed by atoms with Crippen LogP contribution < -0.4 is 0 Å². The first-order chi connectivity index (χ1) is 23.3. The molecule has 0 bridgehead atoms. The fourth-order valence-electron chi connectivity index (χ4n) is 8.55. The predicted octanol–water partition coefficient (Wildman–Crippen LogP) is 1.25. The molecule has 3 rings (SSSR count). The molecule has 300 valence electrons. The van der Waals surface area contributed by atoms with Gasteiger partial charge in [-0.1, -0.05) is 20.8 Å². The van der Waals surface area contributed by atoms with Crippen LogP contribution in [0.15, 0.2) is 0 Å². The van der Waals surface area contributed by atoms with E-state index in [9.17, 15) is 35.4 Å². The van der Waals surface area contributed by atoms with E-state index in [-0.39, 0.29) is 37.3 Å². The maximum Gasteiger partial charge on any atom is 0.311 e. The van der Waals surface area contributed by atoms with Crippen LogP contribution in [0.3, 0.4) is 0 Å². The number of aliphatic hydroxyl groups is 6. The Morgan fingerprint density at radius 3 is 2.06 bits per heavy atom. The third-order valence-electron chi connectivity index (χ3n) is 11.8. The molecule has 3 heterocycles. The van der Waals surface area contributed by atoms with E-state index in [1.807, 2.05) is 44.8 Å². The van der Waals surface area contributed by atoms with Gasteiger partial charge in [0.05, 0.1) is 41.5 Å². The Kier molecular flexibility index (Phi) is 15.0. The van der Waals surface area contributed by atoms with Crippen LogP contribution in [-0.2, 0) is 28.5 Å². The first-order valence-corrected chi connectivity index (χ1v) is 18.8. The molecule has 3 aliphatic heterocycles. The number of ether oxygens (including phenoxy) is 5. The molecule has 3 aliphatic rings. The van der Waals surface area contributed by atoms with Crippen LogP contribution in [0.5, 0.6) is 0 Å². The topological polar surface area (TPSA) is 191 Å². The van der Waals surface area contributed by atoms with E-state index in [0.717, 1.165) is 0 Å². The third kappa shape index (κ3) is 10.2. The number of cyclic esters (lactones) is 1. The molecule has 18 atom stereocenters. The molecule has 0 aromatic carbocycles. The van der Waals surface area contributed by atoms with Crippen LogP contribution in [0.2, 0.25) is 0 Å². The first-order valence-electron chi connectivity index (χ1n) is 18.8. The van der Waals surface area contributed by atoms with E-state index >= 15 is 0 Å². The lowest BCUT2D eigenvalue weighted by Crippen LogP contribution is -2.60. The van der Waals surface area contributed by atoms with Gasteiger partial charge in [0.2, 0.25) is 0 Å². The van der Waals surface area contributed by atoms with Crippen molar-refractivity contribution in [2.45, 2.75) is 185 Å². The summed E-state index contributed by atoms with van der Waals surface area (Å²) >= 11 is 0. The van der Waals surface area contributed by atoms with Crippen LogP contribution in [0.1, 0.15) is 94.9 Å². The largest absolute Gasteiger partial charge is 0.459 e. The van der Waals surface area contributed by atoms with Gasteiger partial charge in [-0.2, -0.15) is 0 Å². The van der Waals surface area contributed by atoms with Crippen molar-refractivity contribution >= 4 is 5.97 Å². The van der Waals surface area contributed by atoms with Gasteiger partial charge in [0, 0.05) is 31.0 Å². The van der Waals surface area contributed by atoms with Crippen LogP contribution in [0.25, 0.3) is 0 Å². The molecular weight excluding hydrogens is 664 g/mol. The second-order valence-corrected chi connectivity index (χ2v) is 17.0. The Morgan fingerprint density at radius 1 is 0.902 bits per heavy atom. The van der Waals surface area contributed by atoms with E-state index in [4.69, 9.17) is 23.7 Å². The molecule has 51 heavy (non-hydrogen) atoms. The molecule has 0 saturated carbocycles. The number of hydrogen-bond donors (Lipinski definition) is 6. The van der Waals surface area contributed by atoms with Crippen molar-refractivity contribution < 1.29 is 59.1 Å². The van der Waals surface area contributed by atoms with Gasteiger partial charge in [0.25, 0.3) is 0 Å². The van der Waals surface area contributed by atoms with Gasteiger partial charge in [-0.25, -0.2) is 0 Å². The Bertz CT molecular complexity index is 1120. The standard InChI is InChI=1S/C37H70N2O12/c1-14-26-37(10,46)30(41)23(6)39(13)18-19(2)16-36(9,45)32(51-34-28(40)25(38(11)12)15-20(3)47-34)21(4)29(22(5)33(43)49-26)50-27-17-35(8,44)31(42)24(7)48-27/h19-32,34,40-42,44-46H,14-18H2,1-13H3/t19-,20-,21+,22-,23-,24+,25+,26-,27+,28+,29+,30-,31+,32-,34+,35-,36-,37-/m1/s1. The summed E-state index contributed by atoms with van der Waals surface area (Å²) in [4.78, 5) is 17.9. The summed E-state index contributed by atoms with van der Waals surface area (Å²) in [5.41, 5.74) is -4.95. The van der Waals surface area contributed by atoms with Crippen molar-refractivity contribution in [1.29, 1.82) is 0 Å². The van der Waals surface area contributed by atoms with Crippen LogP contribution in [0.4, 0.5) is 0 Å². The summed E-state index contributed by atoms with van der Waals surface area (Å²) in [6.07, 6.45) is -9.15. The highest BCUT2D eigenvalue weighted by Crippen LogP contribution is 2.39. The maximum absolute atomic E-state index is 14.1. The molecule has 3 saturated heterocycles. The van der Waals surface area contributed by atoms with Crippen molar-refractivity contribution in [2.24, 2.45) is 17.8 Å². The fraction of sp³-hybridized carbons (Fsp3) is 0.973. The molecular formula is C37H70N2O12. The molecule has 0 spiro atoms. The fourth-order valence-corrected chi connectivity index (χ4v) is 8.55. The minimum absolute atomic E-state index is 0.113. The van der Waals surface area contributed by atoms with Crippen LogP contribution in [0, 0.1) is 17.8 Å². The average molecular weight is 735 g/mol. The highest BCUT2D eigenvalue weighted by atomic mass is 16.7. The molecule has 0 unspecified atom stereocenters. The Morgan fingerprint density at radius 2 is 1.51 bits per heavy atom. The van der Waals surface area contributed by atoms with Gasteiger partial charge in [-0.3, -0.25) is 4.79 Å². The van der Waals surface area contributed by atoms with Crippen molar-refractivity contribution in [3.05, 3.63) is 0 Å². The SMILES string of the molecule is CC[C@H]1OC(=O)[C@H](C)[C@@H](O[C@H]2C[C@@](C)(O)[C@@H](O)[C@H](C)O2)[C@H](C)[C@@H](O[C@@H]2O[C@H](C)C[C@H](N(C)C)[C@@H]2O)[C@](C)(O)C[C@@H](C)CN(C)[C@H](C)[C@@H](O)[C@]1(C)O. The molecule has 0 aromatic heterocycles. The third-order valence-corrected chi connectivity index (χ3v) is 11.8. The van der Waals surface area contributed by atoms with Gasteiger partial charge in [0.15, 0.2) is 12.6 Å². The zero-order valence-electron chi connectivity index (χ0n) is 33.2. The number of likely N-dealkylation sites (N-methyl/N-ethyl adjacent to an activating group) is 2. The zero-order chi connectivity index (χ0) is 39.0. The lowest BCUT2D eigenvalue weighted by molar-refractivity contribution is -0.316. The Balaban J connectivity index is 2.16. The molecule has 0 aliphatic carbocycles. The second-order valence-electron chi connectivity index (χ2n) is 17.0. The summed E-state index contributed by atoms with van der Waals surface area (Å²) in [6, 6.07) is -0.833. The summed E-state index contributed by atoms with van der Waals surface area (Å²) < 4.78 is 31.4. The van der Waals surface area contributed by atoms with Crippen LogP contribution in [-0.4, -0.2) is 164 Å². The Labute approximate surface area is 305 Å². The molecule has 0 radical (unpaired) electrons. The number of nitrogens with zero attached hydrogens (tertiary/aromatic N) is 2. The van der Waals surface area contributed by atoms with Gasteiger partial charge in [-0.15, -0.1) is 0 Å². The number of aliphatic hydroxyl groups excluding tert-OH is 3. The van der Waals surface area contributed by atoms with Crippen molar-refractivity contribution in [2.75, 3.05) is 27.7 Å². The summed E-state index contributed by atoms with van der Waals surface area (Å²) in [5.74, 6) is -2.72. The molecule has 0 amide bonds. The average Bonchev–Trinajstić information content (AvgIpc) is 3.02. The second kappa shape index (κ2) is 17.2. The number of carbonyl (C=O) groups is 1. The number of esters is 1. The highest BCUT2D eigenvalue weighted by Gasteiger charge is 2.52. The molecule has 6 N–H and O–H groups in total. The van der Waals surface area contributed by atoms with Crippen molar-refractivity contribution in [1.82, 2.24) is 9.80 Å². The first kappa shape index (κ1) is 44.4. The lowest BCUT2D eigenvalue weighted by Gasteiger charge is -2.48. The number of hydrogen-bond acceptors (Lipinski definition) is 14. The maximum atomic E-state index is 14.1. The van der Waals surface area contributed by atoms with Gasteiger partial charge in [0.1, 0.15) is 30.0 Å². The molecule has 0 aromatic rings. The van der Waals surface area contributed by atoms with E-state index in [1.54, 1.807) is 41.5 Å². The monoisotopic (exact) mass is 734 g/mol. The van der Waals surface area contributed by atoms with E-state index in [1.165, 1.54) is 13.8 Å². The number of rotatable bonds is 6. The quantitative estimate of drug-likeness (QED) is 0.214. The lowest BCUT2D eigenvalue weighted by atomic mass is 9.77. The Hall–Kier alpha value is -1.01. The zero-order valence-corrected chi connectivity index (χ0v) is 33.2. The summed E-state index contributed by atoms with van der Waals surface area (Å²) in [5, 5.41) is 68.7.